The largest absolute Gasteiger partial charge is 0.479 e. The zero-order valence-corrected chi connectivity index (χ0v) is 9.64. The minimum absolute atomic E-state index is 0.109. The highest BCUT2D eigenvalue weighted by Gasteiger charge is 2.29. The number of halogens is 3. The van der Waals surface area contributed by atoms with Crippen molar-refractivity contribution < 1.29 is 17.9 Å². The first kappa shape index (κ1) is 12.3. The maximum absolute atomic E-state index is 12.1. The topological polar surface area (TPSA) is 21.6 Å². The number of rotatable bonds is 3. The van der Waals surface area contributed by atoms with Crippen LogP contribution in [0.15, 0.2) is 34.2 Å². The Bertz CT molecular complexity index is 414. The molecule has 0 bridgehead atoms. The molecule has 2 rings (SSSR count). The number of aliphatic imine (C=N–C) groups is 1. The van der Waals surface area contributed by atoms with Crippen LogP contribution >= 0.6 is 11.8 Å². The van der Waals surface area contributed by atoms with Gasteiger partial charge in [-0.1, -0.05) is 12.1 Å². The second kappa shape index (κ2) is 5.00. The maximum Gasteiger partial charge on any atom is 0.446 e. The Morgan fingerprint density at radius 1 is 1.24 bits per heavy atom. The standard InChI is InChI=1S/C11H10F3NOS/c12-11(13,14)17-9-3-1-8(2-4-9)7-10-15-5-6-16-10/h1-4H,5-7H2. The van der Waals surface area contributed by atoms with E-state index in [1.165, 1.54) is 12.1 Å². The van der Waals surface area contributed by atoms with Gasteiger partial charge < -0.3 is 4.74 Å². The Hall–Kier alpha value is -1.17. The van der Waals surface area contributed by atoms with E-state index in [2.05, 4.69) is 4.99 Å². The quantitative estimate of drug-likeness (QED) is 0.779. The van der Waals surface area contributed by atoms with Crippen molar-refractivity contribution in [1.82, 2.24) is 0 Å². The van der Waals surface area contributed by atoms with E-state index in [0.717, 1.165) is 5.56 Å². The molecule has 0 atom stereocenters. The third kappa shape index (κ3) is 3.96. The number of thioether (sulfide) groups is 1. The van der Waals surface area contributed by atoms with Crippen LogP contribution in [0.3, 0.4) is 0 Å². The molecular formula is C11H10F3NOS. The average Bonchev–Trinajstić information content (AvgIpc) is 2.71. The Labute approximate surface area is 101 Å². The molecule has 1 heterocycles. The fraction of sp³-hybridized carbons (Fsp3) is 0.364. The Balaban J connectivity index is 1.98. The number of nitrogens with zero attached hydrogens (tertiary/aromatic N) is 1. The molecule has 1 aromatic rings. The third-order valence-electron chi connectivity index (χ3n) is 2.16. The highest BCUT2D eigenvalue weighted by molar-refractivity contribution is 8.00. The van der Waals surface area contributed by atoms with Gasteiger partial charge in [0.1, 0.15) is 6.61 Å². The minimum Gasteiger partial charge on any atom is -0.479 e. The molecule has 0 spiro atoms. The van der Waals surface area contributed by atoms with Crippen molar-refractivity contribution in [3.05, 3.63) is 29.8 Å². The second-order valence-electron chi connectivity index (χ2n) is 3.49. The van der Waals surface area contributed by atoms with Crippen LogP contribution in [0.25, 0.3) is 0 Å². The molecule has 92 valence electrons. The van der Waals surface area contributed by atoms with Gasteiger partial charge in [0.15, 0.2) is 5.90 Å². The first-order valence-corrected chi connectivity index (χ1v) is 5.85. The third-order valence-corrected chi connectivity index (χ3v) is 2.90. The van der Waals surface area contributed by atoms with Crippen LogP contribution in [0.2, 0.25) is 0 Å². The highest BCUT2D eigenvalue weighted by atomic mass is 32.2. The minimum atomic E-state index is -4.24. The molecule has 2 nitrogen and oxygen atoms in total. The molecule has 0 saturated carbocycles. The lowest BCUT2D eigenvalue weighted by molar-refractivity contribution is -0.0328. The summed E-state index contributed by atoms with van der Waals surface area (Å²) in [5, 5.41) is 0. The van der Waals surface area contributed by atoms with Gasteiger partial charge in [-0.25, -0.2) is 0 Å². The zero-order chi connectivity index (χ0) is 12.3. The van der Waals surface area contributed by atoms with Gasteiger partial charge >= 0.3 is 5.51 Å². The Kier molecular flexibility index (Phi) is 3.61. The van der Waals surface area contributed by atoms with E-state index in [4.69, 9.17) is 4.74 Å². The number of ether oxygens (including phenoxy) is 1. The predicted molar refractivity (Wildman–Crippen MR) is 60.3 cm³/mol. The van der Waals surface area contributed by atoms with Crippen molar-refractivity contribution in [2.45, 2.75) is 16.8 Å². The van der Waals surface area contributed by atoms with Gasteiger partial charge in [-0.2, -0.15) is 13.2 Å². The van der Waals surface area contributed by atoms with E-state index < -0.39 is 5.51 Å². The van der Waals surface area contributed by atoms with Crippen LogP contribution < -0.4 is 0 Å². The molecule has 0 unspecified atom stereocenters. The van der Waals surface area contributed by atoms with Crippen LogP contribution in [0.1, 0.15) is 5.56 Å². The van der Waals surface area contributed by atoms with Gasteiger partial charge in [0.2, 0.25) is 0 Å². The van der Waals surface area contributed by atoms with Gasteiger partial charge in [-0.3, -0.25) is 4.99 Å². The average molecular weight is 261 g/mol. The van der Waals surface area contributed by atoms with E-state index in [9.17, 15) is 13.2 Å². The summed E-state index contributed by atoms with van der Waals surface area (Å²) in [7, 11) is 0. The van der Waals surface area contributed by atoms with Crippen LogP contribution in [0.5, 0.6) is 0 Å². The number of hydrogen-bond donors (Lipinski definition) is 0. The smallest absolute Gasteiger partial charge is 0.446 e. The molecule has 1 aliphatic heterocycles. The van der Waals surface area contributed by atoms with Gasteiger partial charge in [0.25, 0.3) is 0 Å². The van der Waals surface area contributed by atoms with Crippen molar-refractivity contribution >= 4 is 17.7 Å². The molecule has 0 radical (unpaired) electrons. The molecule has 0 N–H and O–H groups in total. The number of alkyl halides is 3. The number of hydrogen-bond acceptors (Lipinski definition) is 3. The van der Waals surface area contributed by atoms with Gasteiger partial charge in [-0.15, -0.1) is 0 Å². The molecule has 0 aromatic heterocycles. The summed E-state index contributed by atoms with van der Waals surface area (Å²) in [4.78, 5) is 4.31. The van der Waals surface area contributed by atoms with Crippen molar-refractivity contribution in [2.75, 3.05) is 13.2 Å². The molecule has 6 heteroatoms. The lowest BCUT2D eigenvalue weighted by Crippen LogP contribution is -2.03. The summed E-state index contributed by atoms with van der Waals surface area (Å²) in [6, 6.07) is 6.25. The summed E-state index contributed by atoms with van der Waals surface area (Å²) in [5.74, 6) is 0.654. The summed E-state index contributed by atoms with van der Waals surface area (Å²) in [6.45, 7) is 1.26. The molecule has 1 aromatic carbocycles. The molecule has 0 fully saturated rings. The van der Waals surface area contributed by atoms with Crippen molar-refractivity contribution in [3.63, 3.8) is 0 Å². The van der Waals surface area contributed by atoms with Crippen LogP contribution in [0.4, 0.5) is 13.2 Å². The van der Waals surface area contributed by atoms with Crippen LogP contribution in [-0.4, -0.2) is 24.6 Å². The fourth-order valence-electron chi connectivity index (χ4n) is 1.47. The van der Waals surface area contributed by atoms with Crippen molar-refractivity contribution in [2.24, 2.45) is 4.99 Å². The second-order valence-corrected chi connectivity index (χ2v) is 4.63. The van der Waals surface area contributed by atoms with Crippen LogP contribution in [-0.2, 0) is 11.2 Å². The van der Waals surface area contributed by atoms with Gasteiger partial charge in [-0.05, 0) is 29.5 Å². The lowest BCUT2D eigenvalue weighted by atomic mass is 10.1. The monoisotopic (exact) mass is 261 g/mol. The molecular weight excluding hydrogens is 251 g/mol. The normalized spacial score (nSPS) is 15.6. The number of benzene rings is 1. The zero-order valence-electron chi connectivity index (χ0n) is 8.83. The Morgan fingerprint density at radius 2 is 1.94 bits per heavy atom. The molecule has 0 saturated heterocycles. The van der Waals surface area contributed by atoms with Crippen molar-refractivity contribution in [1.29, 1.82) is 0 Å². The fourth-order valence-corrected chi connectivity index (χ4v) is 2.01. The van der Waals surface area contributed by atoms with Crippen molar-refractivity contribution in [3.8, 4) is 0 Å². The summed E-state index contributed by atoms with van der Waals surface area (Å²) >= 11 is -0.109. The summed E-state index contributed by atoms with van der Waals surface area (Å²) in [6.07, 6.45) is 0.539. The van der Waals surface area contributed by atoms with Gasteiger partial charge in [0, 0.05) is 11.3 Å². The molecule has 17 heavy (non-hydrogen) atoms. The van der Waals surface area contributed by atoms with E-state index in [0.29, 0.717) is 25.5 Å². The van der Waals surface area contributed by atoms with E-state index in [1.54, 1.807) is 12.1 Å². The summed E-state index contributed by atoms with van der Waals surface area (Å²) in [5.41, 5.74) is -3.34. The maximum atomic E-state index is 12.1. The van der Waals surface area contributed by atoms with E-state index in [1.807, 2.05) is 0 Å². The molecule has 0 amide bonds. The van der Waals surface area contributed by atoms with E-state index >= 15 is 0 Å². The SMILES string of the molecule is FC(F)(F)Sc1ccc(CC2=NCCO2)cc1. The predicted octanol–water partition coefficient (Wildman–Crippen LogP) is 3.27. The van der Waals surface area contributed by atoms with E-state index in [-0.39, 0.29) is 16.7 Å². The van der Waals surface area contributed by atoms with Crippen LogP contribution in [0, 0.1) is 0 Å². The first-order valence-electron chi connectivity index (χ1n) is 5.04. The molecule has 0 aliphatic carbocycles. The van der Waals surface area contributed by atoms with Gasteiger partial charge in [0.05, 0.1) is 6.54 Å². The highest BCUT2D eigenvalue weighted by Crippen LogP contribution is 2.36. The Morgan fingerprint density at radius 3 is 2.47 bits per heavy atom. The first-order chi connectivity index (χ1) is 8.03. The lowest BCUT2D eigenvalue weighted by Gasteiger charge is -2.06. The molecule has 1 aliphatic rings. The summed E-state index contributed by atoms with van der Waals surface area (Å²) < 4.78 is 41.5.